The van der Waals surface area contributed by atoms with E-state index in [4.69, 9.17) is 0 Å². The second-order valence-corrected chi connectivity index (χ2v) is 6.86. The quantitative estimate of drug-likeness (QED) is 0.668. The van der Waals surface area contributed by atoms with Crippen molar-refractivity contribution in [3.8, 4) is 5.69 Å². The number of para-hydroxylation sites is 1. The van der Waals surface area contributed by atoms with Gasteiger partial charge in [-0.1, -0.05) is 34.1 Å². The molecule has 0 aliphatic carbocycles. The maximum absolute atomic E-state index is 12.9. The van der Waals surface area contributed by atoms with Crippen LogP contribution in [-0.2, 0) is 6.42 Å². The van der Waals surface area contributed by atoms with Crippen LogP contribution in [0.4, 0.5) is 5.69 Å². The van der Waals surface area contributed by atoms with Crippen molar-refractivity contribution in [3.63, 3.8) is 0 Å². The van der Waals surface area contributed by atoms with Crippen molar-refractivity contribution in [2.75, 3.05) is 11.4 Å². The smallest absolute Gasteiger partial charge is 0.261 e. The first-order valence-electron chi connectivity index (χ1n) is 7.84. The molecule has 4 rings (SSSR count). The van der Waals surface area contributed by atoms with Crippen molar-refractivity contribution in [1.29, 1.82) is 0 Å². The van der Waals surface area contributed by atoms with Gasteiger partial charge in [0.1, 0.15) is 0 Å². The summed E-state index contributed by atoms with van der Waals surface area (Å²) in [6.07, 6.45) is 4.34. The molecule has 24 heavy (non-hydrogen) atoms. The zero-order valence-corrected chi connectivity index (χ0v) is 14.8. The van der Waals surface area contributed by atoms with Crippen LogP contribution in [0.25, 0.3) is 5.69 Å². The Morgan fingerprint density at radius 3 is 2.75 bits per heavy atom. The molecule has 1 aliphatic heterocycles. The normalized spacial score (nSPS) is 13.2. The van der Waals surface area contributed by atoms with Crippen molar-refractivity contribution < 1.29 is 4.79 Å². The van der Waals surface area contributed by atoms with Crippen LogP contribution in [0.3, 0.4) is 0 Å². The number of halogens is 1. The fourth-order valence-electron chi connectivity index (χ4n) is 3.18. The largest absolute Gasteiger partial charge is 0.307 e. The number of rotatable bonds is 2. The van der Waals surface area contributed by atoms with Crippen molar-refractivity contribution in [2.45, 2.75) is 13.3 Å². The highest BCUT2D eigenvalue weighted by Gasteiger charge is 2.27. The van der Waals surface area contributed by atoms with Gasteiger partial charge >= 0.3 is 0 Å². The molecule has 0 N–H and O–H groups in total. The molecule has 0 saturated heterocycles. The predicted molar refractivity (Wildman–Crippen MR) is 97.8 cm³/mol. The number of nitrogens with zero attached hydrogens (tertiary/aromatic N) is 3. The van der Waals surface area contributed by atoms with Crippen LogP contribution in [0.5, 0.6) is 0 Å². The van der Waals surface area contributed by atoms with Crippen LogP contribution in [0, 0.1) is 6.92 Å². The summed E-state index contributed by atoms with van der Waals surface area (Å²) in [5.41, 5.74) is 4.96. The Labute approximate surface area is 148 Å². The van der Waals surface area contributed by atoms with Crippen molar-refractivity contribution in [1.82, 2.24) is 9.78 Å². The summed E-state index contributed by atoms with van der Waals surface area (Å²) in [5.74, 6) is 0.00594. The van der Waals surface area contributed by atoms with Gasteiger partial charge in [-0.15, -0.1) is 0 Å². The lowest BCUT2D eigenvalue weighted by atomic mass is 10.1. The maximum Gasteiger partial charge on any atom is 0.261 e. The number of aryl methyl sites for hydroxylation is 1. The van der Waals surface area contributed by atoms with E-state index in [-0.39, 0.29) is 5.91 Å². The lowest BCUT2D eigenvalue weighted by Crippen LogP contribution is -2.29. The first kappa shape index (κ1) is 15.1. The van der Waals surface area contributed by atoms with Gasteiger partial charge in [0.25, 0.3) is 5.91 Å². The Kier molecular flexibility index (Phi) is 3.73. The zero-order chi connectivity index (χ0) is 16.7. The number of anilines is 1. The van der Waals surface area contributed by atoms with E-state index in [1.165, 1.54) is 5.56 Å². The summed E-state index contributed by atoms with van der Waals surface area (Å²) in [7, 11) is 0. The molecule has 1 aromatic heterocycles. The van der Waals surface area contributed by atoms with Crippen molar-refractivity contribution in [3.05, 3.63) is 76.0 Å². The molecular weight excluding hydrogens is 366 g/mol. The minimum atomic E-state index is 0.00594. The second kappa shape index (κ2) is 5.91. The van der Waals surface area contributed by atoms with E-state index < -0.39 is 0 Å². The van der Waals surface area contributed by atoms with Gasteiger partial charge in [-0.05, 0) is 48.7 Å². The first-order valence-corrected chi connectivity index (χ1v) is 8.64. The number of aromatic nitrogens is 2. The second-order valence-electron chi connectivity index (χ2n) is 5.94. The highest BCUT2D eigenvalue weighted by atomic mass is 79.9. The minimum Gasteiger partial charge on any atom is -0.307 e. The number of carbonyl (C=O) groups excluding carboxylic acids is 1. The predicted octanol–water partition coefficient (Wildman–Crippen LogP) is 4.15. The summed E-state index contributed by atoms with van der Waals surface area (Å²) >= 11 is 3.42. The van der Waals surface area contributed by atoms with E-state index in [1.54, 1.807) is 17.1 Å². The standard InChI is InChI=1S/C19H16BrN3O/c1-13-3-2-4-14-9-10-22(18(13)14)19(24)15-11-21-23(12-15)17-7-5-16(20)6-8-17/h2-8,11-12H,9-10H2,1H3. The highest BCUT2D eigenvalue weighted by molar-refractivity contribution is 9.10. The monoisotopic (exact) mass is 381 g/mol. The van der Waals surface area contributed by atoms with Crippen LogP contribution < -0.4 is 4.90 Å². The van der Waals surface area contributed by atoms with Gasteiger partial charge in [0.05, 0.1) is 23.1 Å². The summed E-state index contributed by atoms with van der Waals surface area (Å²) in [4.78, 5) is 14.8. The van der Waals surface area contributed by atoms with E-state index in [2.05, 4.69) is 40.1 Å². The molecule has 0 fully saturated rings. The van der Waals surface area contributed by atoms with Gasteiger partial charge in [0.15, 0.2) is 0 Å². The topological polar surface area (TPSA) is 38.1 Å². The minimum absolute atomic E-state index is 0.00594. The Balaban J connectivity index is 1.64. The molecule has 0 atom stereocenters. The van der Waals surface area contributed by atoms with Gasteiger partial charge in [-0.3, -0.25) is 4.79 Å². The van der Waals surface area contributed by atoms with E-state index in [0.717, 1.165) is 34.4 Å². The van der Waals surface area contributed by atoms with Gasteiger partial charge in [-0.2, -0.15) is 5.10 Å². The average molecular weight is 382 g/mol. The number of carbonyl (C=O) groups is 1. The average Bonchev–Trinajstić information content (AvgIpc) is 3.23. The van der Waals surface area contributed by atoms with E-state index in [9.17, 15) is 4.79 Å². The first-order chi connectivity index (χ1) is 11.6. The molecule has 0 saturated carbocycles. The summed E-state index contributed by atoms with van der Waals surface area (Å²) in [6.45, 7) is 2.78. The number of fused-ring (bicyclic) bond motifs is 1. The van der Waals surface area contributed by atoms with Gasteiger partial charge < -0.3 is 4.90 Å². The molecule has 2 aromatic carbocycles. The van der Waals surface area contributed by atoms with Crippen LogP contribution in [0.1, 0.15) is 21.5 Å². The highest BCUT2D eigenvalue weighted by Crippen LogP contribution is 2.32. The maximum atomic E-state index is 12.9. The summed E-state index contributed by atoms with van der Waals surface area (Å²) in [6, 6.07) is 14.0. The summed E-state index contributed by atoms with van der Waals surface area (Å²) in [5, 5.41) is 4.34. The lowest BCUT2D eigenvalue weighted by Gasteiger charge is -2.18. The van der Waals surface area contributed by atoms with Crippen LogP contribution in [0.2, 0.25) is 0 Å². The fourth-order valence-corrected chi connectivity index (χ4v) is 3.44. The Morgan fingerprint density at radius 1 is 1.17 bits per heavy atom. The fraction of sp³-hybridized carbons (Fsp3) is 0.158. The molecule has 4 nitrogen and oxygen atoms in total. The third-order valence-corrected chi connectivity index (χ3v) is 4.89. The third kappa shape index (κ3) is 2.55. The molecule has 0 spiro atoms. The SMILES string of the molecule is Cc1cccc2c1N(C(=O)c1cnn(-c3ccc(Br)cc3)c1)CC2. The molecule has 1 aliphatic rings. The Morgan fingerprint density at radius 2 is 1.96 bits per heavy atom. The molecule has 0 radical (unpaired) electrons. The van der Waals surface area contributed by atoms with E-state index in [0.29, 0.717) is 5.56 Å². The molecule has 120 valence electrons. The molecular formula is C19H16BrN3O. The Hall–Kier alpha value is -2.40. The lowest BCUT2D eigenvalue weighted by molar-refractivity contribution is 0.0989. The summed E-state index contributed by atoms with van der Waals surface area (Å²) < 4.78 is 2.74. The number of benzene rings is 2. The molecule has 3 aromatic rings. The van der Waals surface area contributed by atoms with Crippen molar-refractivity contribution in [2.24, 2.45) is 0 Å². The van der Waals surface area contributed by atoms with E-state index in [1.807, 2.05) is 35.2 Å². The van der Waals surface area contributed by atoms with Crippen LogP contribution in [0.15, 0.2) is 59.3 Å². The zero-order valence-electron chi connectivity index (χ0n) is 13.2. The van der Waals surface area contributed by atoms with Gasteiger partial charge in [-0.25, -0.2) is 4.68 Å². The third-order valence-electron chi connectivity index (χ3n) is 4.36. The molecule has 0 unspecified atom stereocenters. The Bertz CT molecular complexity index is 915. The van der Waals surface area contributed by atoms with Crippen LogP contribution in [-0.4, -0.2) is 22.2 Å². The number of amides is 1. The molecule has 0 bridgehead atoms. The number of hydrogen-bond donors (Lipinski definition) is 0. The van der Waals surface area contributed by atoms with Crippen LogP contribution >= 0.6 is 15.9 Å². The molecule has 1 amide bonds. The number of hydrogen-bond acceptors (Lipinski definition) is 2. The molecule has 5 heteroatoms. The van der Waals surface area contributed by atoms with Gasteiger partial charge in [0.2, 0.25) is 0 Å². The van der Waals surface area contributed by atoms with Gasteiger partial charge in [0, 0.05) is 17.2 Å². The van der Waals surface area contributed by atoms with E-state index >= 15 is 0 Å². The van der Waals surface area contributed by atoms with Crippen molar-refractivity contribution >= 4 is 27.5 Å². The molecule has 2 heterocycles.